The lowest BCUT2D eigenvalue weighted by atomic mass is 9.93. The number of fused-ring (bicyclic) bond motifs is 1. The molecule has 1 atom stereocenters. The van der Waals surface area contributed by atoms with Crippen molar-refractivity contribution in [2.45, 2.75) is 19.4 Å². The van der Waals surface area contributed by atoms with Crippen molar-refractivity contribution in [3.05, 3.63) is 81.0 Å². The summed E-state index contributed by atoms with van der Waals surface area (Å²) in [4.78, 5) is 41.5. The summed E-state index contributed by atoms with van der Waals surface area (Å²) in [6.45, 7) is 2.49. The zero-order valence-electron chi connectivity index (χ0n) is 18.2. The Morgan fingerprint density at radius 1 is 1.21 bits per heavy atom. The number of amides is 1. The van der Waals surface area contributed by atoms with Crippen molar-refractivity contribution in [1.29, 1.82) is 0 Å². The third-order valence-electron chi connectivity index (χ3n) is 5.83. The number of nitrogens with one attached hydrogen (secondary N) is 1. The number of para-hydroxylation sites is 1. The van der Waals surface area contributed by atoms with Gasteiger partial charge in [0.2, 0.25) is 0 Å². The van der Waals surface area contributed by atoms with E-state index < -0.39 is 28.4 Å². The van der Waals surface area contributed by atoms with Crippen molar-refractivity contribution in [3.8, 4) is 0 Å². The van der Waals surface area contributed by atoms with Crippen LogP contribution in [-0.4, -0.2) is 51.9 Å². The van der Waals surface area contributed by atoms with Gasteiger partial charge >= 0.3 is 0 Å². The Bertz CT molecular complexity index is 1290. The maximum Gasteiger partial charge on any atom is 0.295 e. The first-order valence-electron chi connectivity index (χ1n) is 10.4. The van der Waals surface area contributed by atoms with E-state index in [1.54, 1.807) is 7.11 Å². The minimum Gasteiger partial charge on any atom is -0.507 e. The summed E-state index contributed by atoms with van der Waals surface area (Å²) in [6, 6.07) is 12.0. The van der Waals surface area contributed by atoms with Crippen LogP contribution in [0, 0.1) is 17.0 Å². The van der Waals surface area contributed by atoms with E-state index in [1.165, 1.54) is 29.2 Å². The van der Waals surface area contributed by atoms with Crippen LogP contribution in [0.1, 0.15) is 29.3 Å². The predicted molar refractivity (Wildman–Crippen MR) is 122 cm³/mol. The molecule has 2 heterocycles. The van der Waals surface area contributed by atoms with Crippen LogP contribution in [0.4, 0.5) is 5.69 Å². The summed E-state index contributed by atoms with van der Waals surface area (Å²) >= 11 is 0. The zero-order valence-corrected chi connectivity index (χ0v) is 18.2. The van der Waals surface area contributed by atoms with Crippen LogP contribution < -0.4 is 0 Å². The van der Waals surface area contributed by atoms with E-state index in [9.17, 15) is 24.8 Å². The average Bonchev–Trinajstić information content (AvgIpc) is 3.26. The molecule has 4 rings (SSSR count). The number of hydrogen-bond donors (Lipinski definition) is 2. The SMILES string of the molecule is COCCCN1C(=O)C(=O)/C(=C(/O)c2cccc([N+](=O)[O-])c2)C1c1c(C)[nH]c2ccccc12. The van der Waals surface area contributed by atoms with Gasteiger partial charge in [-0.25, -0.2) is 0 Å². The third-order valence-corrected chi connectivity index (χ3v) is 5.83. The summed E-state index contributed by atoms with van der Waals surface area (Å²) in [5.74, 6) is -2.00. The van der Waals surface area contributed by atoms with E-state index in [0.29, 0.717) is 18.6 Å². The number of methoxy groups -OCH3 is 1. The van der Waals surface area contributed by atoms with Crippen molar-refractivity contribution in [1.82, 2.24) is 9.88 Å². The van der Waals surface area contributed by atoms with Gasteiger partial charge in [0.25, 0.3) is 17.4 Å². The van der Waals surface area contributed by atoms with Crippen LogP contribution in [-0.2, 0) is 14.3 Å². The van der Waals surface area contributed by atoms with Gasteiger partial charge in [-0.1, -0.05) is 30.3 Å². The van der Waals surface area contributed by atoms with Gasteiger partial charge in [-0.2, -0.15) is 0 Å². The number of Topliss-reactive ketones (excluding diaryl/α,β-unsaturated/α-hetero) is 1. The zero-order chi connectivity index (χ0) is 23.7. The van der Waals surface area contributed by atoms with Gasteiger partial charge in [0.1, 0.15) is 5.76 Å². The monoisotopic (exact) mass is 449 g/mol. The average molecular weight is 449 g/mol. The van der Waals surface area contributed by atoms with Crippen LogP contribution in [0.3, 0.4) is 0 Å². The van der Waals surface area contributed by atoms with Crippen LogP contribution >= 0.6 is 0 Å². The molecule has 0 spiro atoms. The Morgan fingerprint density at radius 3 is 2.70 bits per heavy atom. The lowest BCUT2D eigenvalue weighted by Crippen LogP contribution is -2.31. The summed E-state index contributed by atoms with van der Waals surface area (Å²) in [6.07, 6.45) is 0.498. The molecule has 2 N–H and O–H groups in total. The second-order valence-electron chi connectivity index (χ2n) is 7.86. The number of hydrogen-bond acceptors (Lipinski definition) is 6. The normalized spacial score (nSPS) is 17.8. The lowest BCUT2D eigenvalue weighted by Gasteiger charge is -2.25. The number of benzene rings is 2. The van der Waals surface area contributed by atoms with E-state index >= 15 is 0 Å². The number of non-ortho nitro benzene ring substituents is 1. The van der Waals surface area contributed by atoms with Crippen molar-refractivity contribution in [2.75, 3.05) is 20.3 Å². The molecule has 9 nitrogen and oxygen atoms in total. The summed E-state index contributed by atoms with van der Waals surface area (Å²) in [7, 11) is 1.55. The molecular formula is C24H23N3O6. The number of ketones is 1. The maximum absolute atomic E-state index is 13.2. The Balaban J connectivity index is 1.94. The van der Waals surface area contributed by atoms with Gasteiger partial charge in [-0.15, -0.1) is 0 Å². The van der Waals surface area contributed by atoms with Gasteiger partial charge in [0.15, 0.2) is 0 Å². The fourth-order valence-electron chi connectivity index (χ4n) is 4.36. The van der Waals surface area contributed by atoms with Crippen LogP contribution in [0.5, 0.6) is 0 Å². The number of nitro groups is 1. The van der Waals surface area contributed by atoms with Crippen molar-refractivity contribution < 1.29 is 24.4 Å². The Morgan fingerprint density at radius 2 is 1.97 bits per heavy atom. The smallest absolute Gasteiger partial charge is 0.295 e. The first-order chi connectivity index (χ1) is 15.8. The van der Waals surface area contributed by atoms with E-state index in [4.69, 9.17) is 4.74 Å². The summed E-state index contributed by atoms with van der Waals surface area (Å²) in [5.41, 5.74) is 2.07. The molecule has 1 aliphatic heterocycles. The van der Waals surface area contributed by atoms with Crippen LogP contribution in [0.15, 0.2) is 54.1 Å². The van der Waals surface area contributed by atoms with Crippen molar-refractivity contribution in [3.63, 3.8) is 0 Å². The van der Waals surface area contributed by atoms with Gasteiger partial charge in [0, 0.05) is 60.1 Å². The molecule has 170 valence electrons. The van der Waals surface area contributed by atoms with E-state index in [0.717, 1.165) is 16.6 Å². The number of rotatable bonds is 7. The standard InChI is InChI=1S/C24H23N3O6/c1-14-19(17-9-3-4-10-18(17)25-14)21-20(23(29)24(30)26(21)11-6-12-33-2)22(28)15-7-5-8-16(13-15)27(31)32/h3-5,7-10,13,21,25,28H,6,11-12H2,1-2H3/b22-20+. The molecule has 1 unspecified atom stereocenters. The highest BCUT2D eigenvalue weighted by atomic mass is 16.6. The van der Waals surface area contributed by atoms with Crippen molar-refractivity contribution in [2.24, 2.45) is 0 Å². The number of carbonyl (C=O) groups excluding carboxylic acids is 2. The van der Waals surface area contributed by atoms with Gasteiger partial charge in [0.05, 0.1) is 16.5 Å². The highest BCUT2D eigenvalue weighted by Gasteiger charge is 2.47. The number of aliphatic hydroxyl groups excluding tert-OH is 1. The molecule has 1 amide bonds. The van der Waals surface area contributed by atoms with Crippen LogP contribution in [0.2, 0.25) is 0 Å². The van der Waals surface area contributed by atoms with Gasteiger partial charge < -0.3 is 19.7 Å². The number of aliphatic hydroxyl groups is 1. The highest BCUT2D eigenvalue weighted by molar-refractivity contribution is 6.46. The predicted octanol–water partition coefficient (Wildman–Crippen LogP) is 3.84. The number of nitrogens with zero attached hydrogens (tertiary/aromatic N) is 2. The number of ether oxygens (including phenoxy) is 1. The Hall–Kier alpha value is -3.98. The number of H-pyrrole nitrogens is 1. The maximum atomic E-state index is 13.2. The fourth-order valence-corrected chi connectivity index (χ4v) is 4.36. The highest BCUT2D eigenvalue weighted by Crippen LogP contribution is 2.43. The quantitative estimate of drug-likeness (QED) is 0.141. The minimum absolute atomic E-state index is 0.0919. The van der Waals surface area contributed by atoms with E-state index in [2.05, 4.69) is 4.98 Å². The van der Waals surface area contributed by atoms with Gasteiger partial charge in [-0.05, 0) is 19.4 Å². The summed E-state index contributed by atoms with van der Waals surface area (Å²) in [5, 5.41) is 23.2. The molecule has 0 bridgehead atoms. The molecule has 3 aromatic rings. The van der Waals surface area contributed by atoms with E-state index in [-0.39, 0.29) is 23.4 Å². The first kappa shape index (κ1) is 22.2. The third kappa shape index (κ3) is 3.87. The molecule has 33 heavy (non-hydrogen) atoms. The van der Waals surface area contributed by atoms with Crippen LogP contribution in [0.25, 0.3) is 16.7 Å². The second kappa shape index (κ2) is 8.87. The molecule has 1 fully saturated rings. The molecule has 0 aliphatic carbocycles. The number of likely N-dealkylation sites (tertiary alicyclic amines) is 1. The topological polar surface area (TPSA) is 126 Å². The molecule has 1 aliphatic rings. The Kier molecular flexibility index (Phi) is 5.97. The fraction of sp³-hybridized carbons (Fsp3) is 0.250. The minimum atomic E-state index is -0.850. The lowest BCUT2D eigenvalue weighted by molar-refractivity contribution is -0.384. The number of carbonyl (C=O) groups is 2. The molecule has 0 radical (unpaired) electrons. The first-order valence-corrected chi connectivity index (χ1v) is 10.4. The van der Waals surface area contributed by atoms with Gasteiger partial charge in [-0.3, -0.25) is 19.7 Å². The molecular weight excluding hydrogens is 426 g/mol. The van der Waals surface area contributed by atoms with E-state index in [1.807, 2.05) is 31.2 Å². The molecule has 1 aromatic heterocycles. The molecule has 9 heteroatoms. The number of aromatic nitrogens is 1. The Labute approximate surface area is 189 Å². The van der Waals surface area contributed by atoms with Crippen molar-refractivity contribution >= 4 is 34.0 Å². The number of aryl methyl sites for hydroxylation is 1. The number of aromatic amines is 1. The largest absolute Gasteiger partial charge is 0.507 e. The summed E-state index contributed by atoms with van der Waals surface area (Å²) < 4.78 is 5.11. The molecule has 0 saturated carbocycles. The second-order valence-corrected chi connectivity index (χ2v) is 7.86. The number of nitro benzene ring substituents is 1. The molecule has 1 saturated heterocycles. The molecule has 2 aromatic carbocycles.